The number of aliphatic hydroxyl groups is 1. The maximum absolute atomic E-state index is 14.2. The highest BCUT2D eigenvalue weighted by molar-refractivity contribution is 5.94. The summed E-state index contributed by atoms with van der Waals surface area (Å²) in [5.74, 6) is -2.63. The Bertz CT molecular complexity index is 1510. The standard InChI is InChI=1S/C38H58N6O8/c1-36(2,3)30(42-35(51)52-37(4,5)6)34(50)44-20-23-26(38(23,7)8)28(44)31(47)40-24(18-21-16-17-21)29(46)32(48)39-19-25(45)41-27(33(49)43(9)10)22-14-12-11-13-15-22/h11-15,21,23-24,26-30,46H,16-20H2,1-10H3,(H,39,48)(H,40,47)(H,41,45)(H,42,51)/t23-,24?,26-,27-,28-,29?,30+/m0/s1. The van der Waals surface area contributed by atoms with Crippen molar-refractivity contribution in [3.05, 3.63) is 35.9 Å². The average molecular weight is 727 g/mol. The van der Waals surface area contributed by atoms with Gasteiger partial charge >= 0.3 is 6.09 Å². The van der Waals surface area contributed by atoms with E-state index in [0.717, 1.165) is 12.8 Å². The number of aliphatic hydroxyl groups excluding tert-OH is 1. The van der Waals surface area contributed by atoms with Crippen LogP contribution in [0.2, 0.25) is 0 Å². The highest BCUT2D eigenvalue weighted by Crippen LogP contribution is 2.65. The second-order valence-electron chi connectivity index (χ2n) is 17.4. The number of alkyl carbamates (subject to hydrolysis) is 1. The van der Waals surface area contributed by atoms with E-state index in [0.29, 0.717) is 18.5 Å². The van der Waals surface area contributed by atoms with Crippen LogP contribution < -0.4 is 21.3 Å². The molecule has 2 saturated carbocycles. The number of nitrogens with one attached hydrogen (secondary N) is 4. The number of piperidine rings is 1. The third-order valence-corrected chi connectivity index (χ3v) is 10.3. The molecule has 4 rings (SSSR count). The van der Waals surface area contributed by atoms with Gasteiger partial charge in [0.25, 0.3) is 5.91 Å². The molecule has 14 nitrogen and oxygen atoms in total. The number of likely N-dealkylation sites (N-methyl/N-ethyl adjacent to an activating group) is 1. The summed E-state index contributed by atoms with van der Waals surface area (Å²) in [5.41, 5.74) is -1.13. The van der Waals surface area contributed by atoms with E-state index in [1.54, 1.807) is 65.2 Å². The van der Waals surface area contributed by atoms with Gasteiger partial charge < -0.3 is 40.9 Å². The monoisotopic (exact) mass is 726 g/mol. The van der Waals surface area contributed by atoms with Crippen LogP contribution in [0.15, 0.2) is 30.3 Å². The molecule has 7 atom stereocenters. The van der Waals surface area contributed by atoms with Crippen LogP contribution in [-0.4, -0.2) is 108 Å². The number of benzene rings is 1. The minimum absolute atomic E-state index is 0.0575. The summed E-state index contributed by atoms with van der Waals surface area (Å²) < 4.78 is 5.44. The van der Waals surface area contributed by atoms with E-state index in [4.69, 9.17) is 4.74 Å². The molecular formula is C38H58N6O8. The van der Waals surface area contributed by atoms with Crippen molar-refractivity contribution in [1.29, 1.82) is 0 Å². The van der Waals surface area contributed by atoms with Crippen LogP contribution in [0.4, 0.5) is 4.79 Å². The number of hydrogen-bond acceptors (Lipinski definition) is 8. The first-order chi connectivity index (χ1) is 24.0. The number of hydrogen-bond donors (Lipinski definition) is 5. The molecule has 2 aliphatic carbocycles. The lowest BCUT2D eigenvalue weighted by Gasteiger charge is -2.38. The van der Waals surface area contributed by atoms with E-state index >= 15 is 0 Å². The van der Waals surface area contributed by atoms with Crippen LogP contribution in [0, 0.1) is 28.6 Å². The van der Waals surface area contributed by atoms with Gasteiger partial charge in [-0.1, -0.05) is 77.8 Å². The quantitative estimate of drug-likeness (QED) is 0.205. The molecule has 14 heteroatoms. The van der Waals surface area contributed by atoms with Gasteiger partial charge in [0.05, 0.1) is 12.6 Å². The Morgan fingerprint density at radius 3 is 2.12 bits per heavy atom. The maximum Gasteiger partial charge on any atom is 0.408 e. The summed E-state index contributed by atoms with van der Waals surface area (Å²) in [6.07, 6.45) is -0.310. The summed E-state index contributed by atoms with van der Waals surface area (Å²) in [4.78, 5) is 83.1. The van der Waals surface area contributed by atoms with Crippen LogP contribution in [0.1, 0.15) is 86.3 Å². The van der Waals surface area contributed by atoms with Gasteiger partial charge in [-0.15, -0.1) is 0 Å². The fourth-order valence-electron chi connectivity index (χ4n) is 7.16. The first-order valence-corrected chi connectivity index (χ1v) is 18.1. The van der Waals surface area contributed by atoms with Gasteiger partial charge in [-0.2, -0.15) is 0 Å². The zero-order valence-electron chi connectivity index (χ0n) is 32.2. The van der Waals surface area contributed by atoms with Crippen molar-refractivity contribution in [2.45, 2.75) is 111 Å². The van der Waals surface area contributed by atoms with Crippen molar-refractivity contribution >= 4 is 35.6 Å². The maximum atomic E-state index is 14.2. The van der Waals surface area contributed by atoms with Crippen molar-refractivity contribution in [3.63, 3.8) is 0 Å². The van der Waals surface area contributed by atoms with E-state index in [1.165, 1.54) is 9.80 Å². The number of likely N-dealkylation sites (tertiary alicyclic amines) is 1. The van der Waals surface area contributed by atoms with Crippen molar-refractivity contribution in [1.82, 2.24) is 31.1 Å². The molecule has 1 aliphatic heterocycles. The van der Waals surface area contributed by atoms with E-state index in [9.17, 15) is 33.9 Å². The van der Waals surface area contributed by atoms with Gasteiger partial charge in [0.15, 0.2) is 6.10 Å². The molecule has 52 heavy (non-hydrogen) atoms. The van der Waals surface area contributed by atoms with Gasteiger partial charge in [-0.3, -0.25) is 24.0 Å². The van der Waals surface area contributed by atoms with Gasteiger partial charge in [0.2, 0.25) is 23.6 Å². The third-order valence-electron chi connectivity index (χ3n) is 10.3. The first kappa shape index (κ1) is 40.6. The van der Waals surface area contributed by atoms with Gasteiger partial charge in [-0.25, -0.2) is 4.79 Å². The Morgan fingerprint density at radius 2 is 1.58 bits per heavy atom. The van der Waals surface area contributed by atoms with Crippen LogP contribution in [0.5, 0.6) is 0 Å². The van der Waals surface area contributed by atoms with Crippen LogP contribution >= 0.6 is 0 Å². The molecular weight excluding hydrogens is 668 g/mol. The highest BCUT2D eigenvalue weighted by Gasteiger charge is 2.70. The SMILES string of the molecule is CN(C)C(=O)[C@@H](NC(=O)CNC(=O)C(O)C(CC1CC1)NC(=O)[C@@H]1[C@@H]2[C@H](CN1C(=O)[C@@H](NC(=O)OC(C)(C)C)C(C)(C)C)C2(C)C)c1ccccc1. The van der Waals surface area contributed by atoms with E-state index < -0.39 is 77.6 Å². The molecule has 6 amide bonds. The Labute approximate surface area is 307 Å². The van der Waals surface area contributed by atoms with Crippen LogP contribution in [0.25, 0.3) is 0 Å². The van der Waals surface area contributed by atoms with Crippen molar-refractivity contribution in [2.75, 3.05) is 27.2 Å². The summed E-state index contributed by atoms with van der Waals surface area (Å²) in [5, 5.41) is 22.0. The Kier molecular flexibility index (Phi) is 12.0. The van der Waals surface area contributed by atoms with Crippen LogP contribution in [-0.2, 0) is 28.7 Å². The van der Waals surface area contributed by atoms with E-state index in [2.05, 4.69) is 21.3 Å². The smallest absolute Gasteiger partial charge is 0.408 e. The highest BCUT2D eigenvalue weighted by atomic mass is 16.6. The molecule has 5 N–H and O–H groups in total. The molecule has 1 aromatic carbocycles. The summed E-state index contributed by atoms with van der Waals surface area (Å²) >= 11 is 0. The Hall–Kier alpha value is -4.20. The number of nitrogens with zero attached hydrogens (tertiary/aromatic N) is 2. The lowest BCUT2D eigenvalue weighted by molar-refractivity contribution is -0.145. The normalized spacial score (nSPS) is 22.8. The second-order valence-corrected chi connectivity index (χ2v) is 17.4. The average Bonchev–Trinajstić information content (AvgIpc) is 3.90. The van der Waals surface area contributed by atoms with Crippen molar-refractivity contribution < 1.29 is 38.6 Å². The molecule has 0 radical (unpaired) electrons. The molecule has 0 spiro atoms. The van der Waals surface area contributed by atoms with Crippen molar-refractivity contribution in [2.24, 2.45) is 28.6 Å². The molecule has 1 aromatic rings. The zero-order chi connectivity index (χ0) is 38.9. The topological polar surface area (TPSA) is 186 Å². The van der Waals surface area contributed by atoms with Gasteiger partial charge in [0, 0.05) is 20.6 Å². The van der Waals surface area contributed by atoms with E-state index in [1.807, 2.05) is 34.6 Å². The Balaban J connectivity index is 1.46. The second kappa shape index (κ2) is 15.4. The number of ether oxygens (including phenoxy) is 1. The lowest BCUT2D eigenvalue weighted by Crippen LogP contribution is -2.61. The number of rotatable bonds is 13. The largest absolute Gasteiger partial charge is 0.444 e. The fourth-order valence-corrected chi connectivity index (χ4v) is 7.16. The molecule has 3 fully saturated rings. The molecule has 2 unspecified atom stereocenters. The number of fused-ring (bicyclic) bond motifs is 1. The minimum Gasteiger partial charge on any atom is -0.444 e. The predicted molar refractivity (Wildman–Crippen MR) is 193 cm³/mol. The van der Waals surface area contributed by atoms with E-state index in [-0.39, 0.29) is 29.1 Å². The molecule has 288 valence electrons. The number of amides is 6. The molecule has 1 heterocycles. The molecule has 1 saturated heterocycles. The van der Waals surface area contributed by atoms with Gasteiger partial charge in [0.1, 0.15) is 23.7 Å². The van der Waals surface area contributed by atoms with Gasteiger partial charge in [-0.05, 0) is 61.3 Å². The summed E-state index contributed by atoms with van der Waals surface area (Å²) in [7, 11) is 3.15. The molecule has 3 aliphatic rings. The number of carbonyl (C=O) groups excluding carboxylic acids is 6. The lowest BCUT2D eigenvalue weighted by atomic mass is 9.85. The number of carbonyl (C=O) groups is 6. The summed E-state index contributed by atoms with van der Waals surface area (Å²) in [6, 6.07) is 4.89. The van der Waals surface area contributed by atoms with Crippen LogP contribution in [0.3, 0.4) is 0 Å². The minimum atomic E-state index is -1.68. The summed E-state index contributed by atoms with van der Waals surface area (Å²) in [6.45, 7) is 14.6. The Morgan fingerprint density at radius 1 is 0.962 bits per heavy atom. The first-order valence-electron chi connectivity index (χ1n) is 18.1. The third kappa shape index (κ3) is 9.81. The zero-order valence-corrected chi connectivity index (χ0v) is 32.2. The van der Waals surface area contributed by atoms with Crippen molar-refractivity contribution in [3.8, 4) is 0 Å². The molecule has 0 aromatic heterocycles. The fraction of sp³-hybridized carbons (Fsp3) is 0.684. The molecule has 0 bridgehead atoms. The predicted octanol–water partition coefficient (Wildman–Crippen LogP) is 2.12.